The van der Waals surface area contributed by atoms with Crippen LogP contribution in [-0.2, 0) is 0 Å². The predicted octanol–water partition coefficient (Wildman–Crippen LogP) is 6.11. The van der Waals surface area contributed by atoms with Crippen LogP contribution in [0.1, 0.15) is 66.7 Å². The lowest BCUT2D eigenvalue weighted by Gasteiger charge is -2.14. The molecule has 1 unspecified atom stereocenters. The van der Waals surface area contributed by atoms with Gasteiger partial charge in [-0.15, -0.1) is 0 Å². The summed E-state index contributed by atoms with van der Waals surface area (Å²) < 4.78 is 0. The number of benzene rings is 1. The van der Waals surface area contributed by atoms with Crippen molar-refractivity contribution in [2.24, 2.45) is 11.8 Å². The highest BCUT2D eigenvalue weighted by Crippen LogP contribution is 2.19. The molecule has 1 rings (SSSR count). The Hall–Kier alpha value is -1.08. The fourth-order valence-electron chi connectivity index (χ4n) is 2.56. The first-order valence-electron chi connectivity index (χ1n) is 9.17. The molecular formula is C22H34Si. The van der Waals surface area contributed by atoms with Crippen molar-refractivity contribution >= 4 is 14.7 Å². The van der Waals surface area contributed by atoms with Crippen LogP contribution >= 0.6 is 0 Å². The number of hydrogen-bond acceptors (Lipinski definition) is 0. The van der Waals surface area contributed by atoms with Crippen LogP contribution < -0.4 is 5.19 Å². The number of rotatable bonds is 10. The van der Waals surface area contributed by atoms with Crippen LogP contribution in [0.5, 0.6) is 0 Å². The Kier molecular flexibility index (Phi) is 9.94. The average molecular weight is 327 g/mol. The summed E-state index contributed by atoms with van der Waals surface area (Å²) in [6.45, 7) is 11.4. The summed E-state index contributed by atoms with van der Waals surface area (Å²) in [5.41, 5.74) is 1.44. The number of hydrogen-bond donors (Lipinski definition) is 0. The summed E-state index contributed by atoms with van der Waals surface area (Å²) in [6, 6.07) is 11.0. The van der Waals surface area contributed by atoms with E-state index in [1.165, 1.54) is 42.9 Å². The van der Waals surface area contributed by atoms with Gasteiger partial charge in [-0.2, -0.15) is 0 Å². The van der Waals surface area contributed by atoms with Gasteiger partial charge in [-0.05, 0) is 51.4 Å². The van der Waals surface area contributed by atoms with Gasteiger partial charge in [-0.25, -0.2) is 0 Å². The van der Waals surface area contributed by atoms with Crippen LogP contribution in [-0.4, -0.2) is 9.52 Å². The molecule has 0 heterocycles. The third-order valence-corrected chi connectivity index (χ3v) is 5.69. The monoisotopic (exact) mass is 326 g/mol. The van der Waals surface area contributed by atoms with Gasteiger partial charge in [0.2, 0.25) is 0 Å². The van der Waals surface area contributed by atoms with Crippen molar-refractivity contribution in [1.82, 2.24) is 0 Å². The molecule has 1 aromatic carbocycles. The van der Waals surface area contributed by atoms with Gasteiger partial charge >= 0.3 is 0 Å². The lowest BCUT2D eigenvalue weighted by Crippen LogP contribution is -2.17. The molecule has 1 heteroatoms. The zero-order valence-corrected chi connectivity index (χ0v) is 16.7. The summed E-state index contributed by atoms with van der Waals surface area (Å²) in [6.07, 6.45) is 11.3. The van der Waals surface area contributed by atoms with Crippen molar-refractivity contribution in [3.05, 3.63) is 53.3 Å². The second kappa shape index (κ2) is 11.5. The van der Waals surface area contributed by atoms with Gasteiger partial charge in [-0.1, -0.05) is 85.6 Å². The maximum atomic E-state index is 2.54. The van der Waals surface area contributed by atoms with E-state index in [1.807, 2.05) is 0 Å². The molecule has 0 saturated carbocycles. The summed E-state index contributed by atoms with van der Waals surface area (Å²) in [5.74, 6) is 1.51. The van der Waals surface area contributed by atoms with Gasteiger partial charge in [0, 0.05) is 0 Å². The lowest BCUT2D eigenvalue weighted by molar-refractivity contribution is 0.498. The largest absolute Gasteiger partial charge is 0.115 e. The molecule has 0 amide bonds. The predicted molar refractivity (Wildman–Crippen MR) is 106 cm³/mol. The van der Waals surface area contributed by atoms with Crippen molar-refractivity contribution < 1.29 is 0 Å². The molecule has 0 aliphatic rings. The summed E-state index contributed by atoms with van der Waals surface area (Å²) in [7, 11) is 0.838. The standard InChI is InChI=1S/C22H34Si/c1-6-19(4)17-22(23-21-13-8-7-9-14-21)16-15-20(5)12-10-11-18(2)3/h7-9,11,13-14,17,19-20H,6,10,12,15-16H2,1-5H3/b22-17+/t19?,20-/m1/s1. The van der Waals surface area contributed by atoms with E-state index >= 15 is 0 Å². The van der Waals surface area contributed by atoms with Crippen LogP contribution in [0.3, 0.4) is 0 Å². The van der Waals surface area contributed by atoms with Crippen LogP contribution in [0.15, 0.2) is 53.3 Å². The van der Waals surface area contributed by atoms with Gasteiger partial charge in [0.25, 0.3) is 0 Å². The molecule has 0 nitrogen and oxygen atoms in total. The van der Waals surface area contributed by atoms with E-state index in [2.05, 4.69) is 77.1 Å². The smallest absolute Gasteiger partial charge is 0.0864 e. The Morgan fingerprint density at radius 3 is 2.39 bits per heavy atom. The van der Waals surface area contributed by atoms with Crippen molar-refractivity contribution in [2.45, 2.75) is 66.7 Å². The van der Waals surface area contributed by atoms with E-state index < -0.39 is 0 Å². The second-order valence-electron chi connectivity index (χ2n) is 7.07. The van der Waals surface area contributed by atoms with Crippen LogP contribution in [0, 0.1) is 11.8 Å². The average Bonchev–Trinajstić information content (AvgIpc) is 2.53. The first kappa shape index (κ1) is 20.0. The molecule has 0 spiro atoms. The minimum absolute atomic E-state index is 0.696. The highest BCUT2D eigenvalue weighted by molar-refractivity contribution is 6.60. The molecule has 2 atom stereocenters. The van der Waals surface area contributed by atoms with Crippen LogP contribution in [0.4, 0.5) is 0 Å². The Balaban J connectivity index is 2.56. The molecule has 0 saturated heterocycles. The highest BCUT2D eigenvalue weighted by atomic mass is 28.2. The van der Waals surface area contributed by atoms with Gasteiger partial charge < -0.3 is 0 Å². The maximum absolute atomic E-state index is 2.54. The Labute approximate surface area is 146 Å². The highest BCUT2D eigenvalue weighted by Gasteiger charge is 2.07. The summed E-state index contributed by atoms with van der Waals surface area (Å²) >= 11 is 0. The molecular weight excluding hydrogens is 292 g/mol. The van der Waals surface area contributed by atoms with E-state index in [-0.39, 0.29) is 0 Å². The quantitative estimate of drug-likeness (QED) is 0.359. The Bertz CT molecular complexity index is 480. The zero-order valence-electron chi connectivity index (χ0n) is 15.7. The topological polar surface area (TPSA) is 0 Å². The number of allylic oxidation sites excluding steroid dienone is 4. The summed E-state index contributed by atoms with van der Waals surface area (Å²) in [4.78, 5) is 0. The van der Waals surface area contributed by atoms with Crippen molar-refractivity contribution in [3.63, 3.8) is 0 Å². The third kappa shape index (κ3) is 9.60. The molecule has 0 aliphatic carbocycles. The van der Waals surface area contributed by atoms with Gasteiger partial charge in [-0.3, -0.25) is 0 Å². The van der Waals surface area contributed by atoms with Gasteiger partial charge in [0.1, 0.15) is 9.52 Å². The maximum Gasteiger partial charge on any atom is 0.115 e. The first-order valence-corrected chi connectivity index (χ1v) is 10.2. The minimum Gasteiger partial charge on any atom is -0.0864 e. The second-order valence-corrected chi connectivity index (χ2v) is 8.54. The normalized spacial score (nSPS) is 14.4. The first-order chi connectivity index (χ1) is 11.0. The van der Waals surface area contributed by atoms with Crippen molar-refractivity contribution in [3.8, 4) is 0 Å². The Morgan fingerprint density at radius 2 is 1.78 bits per heavy atom. The molecule has 2 radical (unpaired) electrons. The van der Waals surface area contributed by atoms with Gasteiger partial charge in [0.05, 0.1) is 0 Å². The molecule has 0 bridgehead atoms. The molecule has 1 aromatic rings. The van der Waals surface area contributed by atoms with Crippen molar-refractivity contribution in [1.29, 1.82) is 0 Å². The zero-order chi connectivity index (χ0) is 17.1. The van der Waals surface area contributed by atoms with E-state index in [0.29, 0.717) is 5.92 Å². The third-order valence-electron chi connectivity index (χ3n) is 4.33. The molecule has 0 N–H and O–H groups in total. The van der Waals surface area contributed by atoms with E-state index in [9.17, 15) is 0 Å². The fourth-order valence-corrected chi connectivity index (χ4v) is 3.93. The lowest BCUT2D eigenvalue weighted by atomic mass is 9.98. The Morgan fingerprint density at radius 1 is 1.09 bits per heavy atom. The summed E-state index contributed by atoms with van der Waals surface area (Å²) in [5, 5.41) is 3.12. The fraction of sp³-hybridized carbons (Fsp3) is 0.545. The van der Waals surface area contributed by atoms with E-state index in [0.717, 1.165) is 15.4 Å². The van der Waals surface area contributed by atoms with E-state index in [4.69, 9.17) is 0 Å². The molecule has 23 heavy (non-hydrogen) atoms. The molecule has 0 aromatic heterocycles. The van der Waals surface area contributed by atoms with Crippen LogP contribution in [0.25, 0.3) is 0 Å². The van der Waals surface area contributed by atoms with E-state index in [1.54, 1.807) is 5.20 Å². The molecule has 0 fully saturated rings. The van der Waals surface area contributed by atoms with Crippen molar-refractivity contribution in [2.75, 3.05) is 0 Å². The van der Waals surface area contributed by atoms with Crippen LogP contribution in [0.2, 0.25) is 0 Å². The SMILES string of the molecule is CCC(C)/C=C(\CC[C@H](C)CCC=C(C)C)[Si]c1ccccc1. The molecule has 126 valence electrons. The van der Waals surface area contributed by atoms with Gasteiger partial charge in [0.15, 0.2) is 0 Å². The molecule has 0 aliphatic heterocycles. The minimum atomic E-state index is 0.696.